The number of aromatic nitrogens is 1. The molecule has 0 aliphatic carbocycles. The average molecular weight is 231 g/mol. The first-order valence-corrected chi connectivity index (χ1v) is 5.65. The standard InChI is InChI=1S/C13H17N3O/c1-8-5-13(15-7-9(2)17)11-6-10(14)3-4-12(11)16-8/h3-6,9,17H,7,14H2,1-2H3,(H,15,16). The molecule has 1 unspecified atom stereocenters. The number of hydrogen-bond acceptors (Lipinski definition) is 4. The summed E-state index contributed by atoms with van der Waals surface area (Å²) in [5.41, 5.74) is 9.30. The van der Waals surface area contributed by atoms with E-state index in [9.17, 15) is 5.11 Å². The smallest absolute Gasteiger partial charge is 0.0727 e. The maximum atomic E-state index is 9.31. The van der Waals surface area contributed by atoms with Gasteiger partial charge in [-0.15, -0.1) is 0 Å². The Morgan fingerprint density at radius 2 is 2.18 bits per heavy atom. The number of nitrogen functional groups attached to an aromatic ring is 1. The lowest BCUT2D eigenvalue weighted by molar-refractivity contribution is 0.208. The summed E-state index contributed by atoms with van der Waals surface area (Å²) in [5.74, 6) is 0. The molecule has 4 heteroatoms. The zero-order chi connectivity index (χ0) is 12.4. The molecule has 0 bridgehead atoms. The van der Waals surface area contributed by atoms with Crippen molar-refractivity contribution in [2.24, 2.45) is 0 Å². The summed E-state index contributed by atoms with van der Waals surface area (Å²) in [6.07, 6.45) is -0.389. The summed E-state index contributed by atoms with van der Waals surface area (Å²) in [6.45, 7) is 4.20. The first-order chi connectivity index (χ1) is 8.06. The maximum absolute atomic E-state index is 9.31. The second-order valence-electron chi connectivity index (χ2n) is 4.32. The molecule has 0 fully saturated rings. The highest BCUT2D eigenvalue weighted by molar-refractivity contribution is 5.93. The Morgan fingerprint density at radius 1 is 1.41 bits per heavy atom. The zero-order valence-corrected chi connectivity index (χ0v) is 10.1. The predicted molar refractivity (Wildman–Crippen MR) is 71.1 cm³/mol. The minimum atomic E-state index is -0.389. The molecule has 90 valence electrons. The molecule has 1 aromatic heterocycles. The molecule has 4 N–H and O–H groups in total. The molecular formula is C13H17N3O. The minimum absolute atomic E-state index is 0.389. The molecule has 0 spiro atoms. The van der Waals surface area contributed by atoms with Crippen LogP contribution >= 0.6 is 0 Å². The molecule has 2 rings (SSSR count). The van der Waals surface area contributed by atoms with Crippen LogP contribution in [0.25, 0.3) is 10.9 Å². The monoisotopic (exact) mass is 231 g/mol. The van der Waals surface area contributed by atoms with Crippen LogP contribution in [0.15, 0.2) is 24.3 Å². The van der Waals surface area contributed by atoms with Crippen LogP contribution in [-0.2, 0) is 0 Å². The van der Waals surface area contributed by atoms with Gasteiger partial charge in [0.1, 0.15) is 0 Å². The van der Waals surface area contributed by atoms with E-state index in [-0.39, 0.29) is 6.10 Å². The van der Waals surface area contributed by atoms with Crippen molar-refractivity contribution in [3.05, 3.63) is 30.0 Å². The van der Waals surface area contributed by atoms with Crippen LogP contribution < -0.4 is 11.1 Å². The normalized spacial score (nSPS) is 12.6. The Hall–Kier alpha value is -1.81. The number of aliphatic hydroxyl groups is 1. The summed E-state index contributed by atoms with van der Waals surface area (Å²) in [5, 5.41) is 13.5. The minimum Gasteiger partial charge on any atom is -0.399 e. The van der Waals surface area contributed by atoms with Gasteiger partial charge in [-0.05, 0) is 38.1 Å². The summed E-state index contributed by atoms with van der Waals surface area (Å²) in [6, 6.07) is 7.61. The number of fused-ring (bicyclic) bond motifs is 1. The van der Waals surface area contributed by atoms with Gasteiger partial charge in [-0.25, -0.2) is 0 Å². The number of nitrogens with zero attached hydrogens (tertiary/aromatic N) is 1. The first-order valence-electron chi connectivity index (χ1n) is 5.65. The van der Waals surface area contributed by atoms with Crippen molar-refractivity contribution < 1.29 is 5.11 Å². The van der Waals surface area contributed by atoms with Crippen molar-refractivity contribution in [2.75, 3.05) is 17.6 Å². The van der Waals surface area contributed by atoms with E-state index >= 15 is 0 Å². The van der Waals surface area contributed by atoms with Crippen LogP contribution in [0.5, 0.6) is 0 Å². The highest BCUT2D eigenvalue weighted by atomic mass is 16.3. The fourth-order valence-electron chi connectivity index (χ4n) is 1.78. The van der Waals surface area contributed by atoms with Crippen molar-refractivity contribution >= 4 is 22.3 Å². The molecule has 2 aromatic rings. The van der Waals surface area contributed by atoms with E-state index in [0.29, 0.717) is 12.2 Å². The number of anilines is 2. The lowest BCUT2D eigenvalue weighted by Gasteiger charge is -2.12. The van der Waals surface area contributed by atoms with Gasteiger partial charge in [-0.3, -0.25) is 4.98 Å². The maximum Gasteiger partial charge on any atom is 0.0727 e. The van der Waals surface area contributed by atoms with Crippen LogP contribution in [0.4, 0.5) is 11.4 Å². The molecular weight excluding hydrogens is 214 g/mol. The lowest BCUT2D eigenvalue weighted by Crippen LogP contribution is -2.15. The van der Waals surface area contributed by atoms with Crippen molar-refractivity contribution in [3.8, 4) is 0 Å². The van der Waals surface area contributed by atoms with Gasteiger partial charge in [0.05, 0.1) is 11.6 Å². The fourth-order valence-corrected chi connectivity index (χ4v) is 1.78. The van der Waals surface area contributed by atoms with E-state index in [1.54, 1.807) is 6.92 Å². The molecule has 0 amide bonds. The highest BCUT2D eigenvalue weighted by Gasteiger charge is 2.05. The second kappa shape index (κ2) is 4.59. The highest BCUT2D eigenvalue weighted by Crippen LogP contribution is 2.25. The van der Waals surface area contributed by atoms with Crippen molar-refractivity contribution in [2.45, 2.75) is 20.0 Å². The average Bonchev–Trinajstić information content (AvgIpc) is 2.26. The number of aryl methyl sites for hydroxylation is 1. The molecule has 0 saturated carbocycles. The van der Waals surface area contributed by atoms with Gasteiger partial charge in [0.15, 0.2) is 0 Å². The van der Waals surface area contributed by atoms with E-state index < -0.39 is 0 Å². The van der Waals surface area contributed by atoms with Gasteiger partial charge in [0.25, 0.3) is 0 Å². The summed E-state index contributed by atoms with van der Waals surface area (Å²) >= 11 is 0. The largest absolute Gasteiger partial charge is 0.399 e. The third-order valence-electron chi connectivity index (χ3n) is 2.55. The lowest BCUT2D eigenvalue weighted by atomic mass is 10.1. The molecule has 1 aromatic carbocycles. The topological polar surface area (TPSA) is 71.2 Å². The molecule has 0 radical (unpaired) electrons. The quantitative estimate of drug-likeness (QED) is 0.706. The van der Waals surface area contributed by atoms with Crippen LogP contribution in [-0.4, -0.2) is 22.7 Å². The van der Waals surface area contributed by atoms with Gasteiger partial charge < -0.3 is 16.2 Å². The van der Waals surface area contributed by atoms with E-state index in [1.165, 1.54) is 0 Å². The van der Waals surface area contributed by atoms with Gasteiger partial charge in [0.2, 0.25) is 0 Å². The number of nitrogens with one attached hydrogen (secondary N) is 1. The fraction of sp³-hybridized carbons (Fsp3) is 0.308. The van der Waals surface area contributed by atoms with Crippen molar-refractivity contribution in [1.29, 1.82) is 0 Å². The predicted octanol–water partition coefficient (Wildman–Crippen LogP) is 1.92. The summed E-state index contributed by atoms with van der Waals surface area (Å²) in [7, 11) is 0. The number of rotatable bonds is 3. The third-order valence-corrected chi connectivity index (χ3v) is 2.55. The van der Waals surface area contributed by atoms with E-state index in [1.807, 2.05) is 31.2 Å². The van der Waals surface area contributed by atoms with Gasteiger partial charge in [-0.1, -0.05) is 0 Å². The van der Waals surface area contributed by atoms with Crippen molar-refractivity contribution in [1.82, 2.24) is 4.98 Å². The van der Waals surface area contributed by atoms with Crippen LogP contribution in [0.3, 0.4) is 0 Å². The zero-order valence-electron chi connectivity index (χ0n) is 10.1. The number of nitrogens with two attached hydrogens (primary N) is 1. The number of aliphatic hydroxyl groups excluding tert-OH is 1. The van der Waals surface area contributed by atoms with Gasteiger partial charge in [0, 0.05) is 29.0 Å². The van der Waals surface area contributed by atoms with Gasteiger partial charge in [-0.2, -0.15) is 0 Å². The van der Waals surface area contributed by atoms with E-state index in [4.69, 9.17) is 5.73 Å². The third kappa shape index (κ3) is 2.65. The molecule has 17 heavy (non-hydrogen) atoms. The van der Waals surface area contributed by atoms with Crippen LogP contribution in [0.2, 0.25) is 0 Å². The molecule has 0 aliphatic rings. The second-order valence-corrected chi connectivity index (χ2v) is 4.32. The molecule has 0 aliphatic heterocycles. The Morgan fingerprint density at radius 3 is 2.88 bits per heavy atom. The molecule has 0 saturated heterocycles. The van der Waals surface area contributed by atoms with Gasteiger partial charge >= 0.3 is 0 Å². The van der Waals surface area contributed by atoms with Crippen molar-refractivity contribution in [3.63, 3.8) is 0 Å². The summed E-state index contributed by atoms with van der Waals surface area (Å²) < 4.78 is 0. The molecule has 4 nitrogen and oxygen atoms in total. The first kappa shape index (κ1) is 11.7. The van der Waals surface area contributed by atoms with E-state index in [2.05, 4.69) is 10.3 Å². The number of pyridine rings is 1. The summed E-state index contributed by atoms with van der Waals surface area (Å²) in [4.78, 5) is 4.45. The Kier molecular flexibility index (Phi) is 3.15. The van der Waals surface area contributed by atoms with Crippen LogP contribution in [0, 0.1) is 6.92 Å². The van der Waals surface area contributed by atoms with E-state index in [0.717, 1.165) is 22.3 Å². The number of hydrogen-bond donors (Lipinski definition) is 3. The van der Waals surface area contributed by atoms with Crippen LogP contribution in [0.1, 0.15) is 12.6 Å². The molecule has 1 heterocycles. The molecule has 1 atom stereocenters. The Balaban J connectivity index is 2.48. The SMILES string of the molecule is Cc1cc(NCC(C)O)c2cc(N)ccc2n1. The Labute approximate surface area is 100 Å². The number of benzene rings is 1. The Bertz CT molecular complexity index is 537.